The summed E-state index contributed by atoms with van der Waals surface area (Å²) in [5.41, 5.74) is 2.15. The van der Waals surface area contributed by atoms with E-state index >= 15 is 0 Å². The molecule has 4 rings (SSSR count). The number of carbonyl (C=O) groups excluding carboxylic acids is 3. The fraction of sp³-hybridized carbons (Fsp3) is 0.200. The van der Waals surface area contributed by atoms with Crippen molar-refractivity contribution in [3.05, 3.63) is 59.1 Å². The Labute approximate surface area is 161 Å². The molecule has 2 aliphatic heterocycles. The molecule has 27 heavy (non-hydrogen) atoms. The summed E-state index contributed by atoms with van der Waals surface area (Å²) in [4.78, 5) is 39.5. The van der Waals surface area contributed by atoms with Gasteiger partial charge in [0.2, 0.25) is 5.91 Å². The fourth-order valence-electron chi connectivity index (χ4n) is 3.49. The van der Waals surface area contributed by atoms with E-state index in [2.05, 4.69) is 5.10 Å². The Morgan fingerprint density at radius 3 is 2.37 bits per heavy atom. The van der Waals surface area contributed by atoms with E-state index < -0.39 is 23.8 Å². The number of benzene rings is 2. The quantitative estimate of drug-likeness (QED) is 0.766. The van der Waals surface area contributed by atoms with Gasteiger partial charge in [-0.15, -0.1) is 0 Å². The Kier molecular flexibility index (Phi) is 4.08. The second-order valence-electron chi connectivity index (χ2n) is 6.64. The summed E-state index contributed by atoms with van der Waals surface area (Å²) in [5.74, 6) is -2.10. The van der Waals surface area contributed by atoms with Crippen LogP contribution >= 0.6 is 11.6 Å². The summed E-state index contributed by atoms with van der Waals surface area (Å²) in [6.07, 6.45) is 0. The van der Waals surface area contributed by atoms with E-state index in [1.54, 1.807) is 36.4 Å². The molecule has 6 nitrogen and oxygen atoms in total. The molecule has 0 bridgehead atoms. The van der Waals surface area contributed by atoms with Gasteiger partial charge in [-0.05, 0) is 37.3 Å². The van der Waals surface area contributed by atoms with Crippen LogP contribution in [0.3, 0.4) is 0 Å². The summed E-state index contributed by atoms with van der Waals surface area (Å²) >= 11 is 6.07. The summed E-state index contributed by atoms with van der Waals surface area (Å²) < 4.78 is 0. The Morgan fingerprint density at radius 1 is 1.04 bits per heavy atom. The average Bonchev–Trinajstić information content (AvgIpc) is 3.14. The lowest BCUT2D eigenvalue weighted by molar-refractivity contribution is -0.122. The number of hydrogen-bond donors (Lipinski definition) is 0. The predicted molar refractivity (Wildman–Crippen MR) is 103 cm³/mol. The molecule has 1 saturated heterocycles. The van der Waals surface area contributed by atoms with Crippen LogP contribution in [0.25, 0.3) is 0 Å². The highest BCUT2D eigenvalue weighted by Crippen LogP contribution is 2.38. The zero-order valence-electron chi connectivity index (χ0n) is 14.7. The maximum Gasteiger partial charge on any atom is 0.259 e. The highest BCUT2D eigenvalue weighted by atomic mass is 35.5. The van der Waals surface area contributed by atoms with Gasteiger partial charge in [0.15, 0.2) is 5.78 Å². The molecule has 0 unspecified atom stereocenters. The number of ketones is 1. The van der Waals surface area contributed by atoms with Crippen LogP contribution in [0, 0.1) is 12.8 Å². The maximum atomic E-state index is 13.2. The minimum Gasteiger partial charge on any atom is -0.293 e. The Balaban J connectivity index is 1.80. The summed E-state index contributed by atoms with van der Waals surface area (Å²) in [5, 5.41) is 6.21. The van der Waals surface area contributed by atoms with Crippen LogP contribution < -0.4 is 9.91 Å². The zero-order valence-corrected chi connectivity index (χ0v) is 15.5. The highest BCUT2D eigenvalue weighted by Gasteiger charge is 2.58. The minimum atomic E-state index is -0.921. The molecule has 2 heterocycles. The van der Waals surface area contributed by atoms with Crippen molar-refractivity contribution in [3.8, 4) is 0 Å². The van der Waals surface area contributed by atoms with E-state index in [4.69, 9.17) is 11.6 Å². The molecule has 136 valence electrons. The van der Waals surface area contributed by atoms with Crippen molar-refractivity contribution < 1.29 is 14.4 Å². The van der Waals surface area contributed by atoms with Crippen LogP contribution in [0.15, 0.2) is 53.6 Å². The third-order valence-electron chi connectivity index (χ3n) is 4.77. The van der Waals surface area contributed by atoms with Gasteiger partial charge in [0.25, 0.3) is 5.91 Å². The Hall–Kier alpha value is -2.99. The number of hydrogen-bond acceptors (Lipinski definition) is 5. The molecular formula is C20H16ClN3O3. The number of aryl methyl sites for hydroxylation is 1. The number of carbonyl (C=O) groups is 3. The molecule has 2 amide bonds. The topological polar surface area (TPSA) is 70.1 Å². The predicted octanol–water partition coefficient (Wildman–Crippen LogP) is 2.97. The molecule has 0 aromatic heterocycles. The van der Waals surface area contributed by atoms with Crippen molar-refractivity contribution in [2.75, 3.05) is 9.91 Å². The van der Waals surface area contributed by atoms with E-state index in [1.165, 1.54) is 11.9 Å². The fourth-order valence-corrected chi connectivity index (χ4v) is 3.67. The van der Waals surface area contributed by atoms with Crippen molar-refractivity contribution in [1.29, 1.82) is 0 Å². The van der Waals surface area contributed by atoms with Gasteiger partial charge >= 0.3 is 0 Å². The number of fused-ring (bicyclic) bond motifs is 1. The van der Waals surface area contributed by atoms with E-state index in [1.807, 2.05) is 19.1 Å². The van der Waals surface area contributed by atoms with Crippen molar-refractivity contribution >= 4 is 46.3 Å². The van der Waals surface area contributed by atoms with Crippen molar-refractivity contribution in [2.24, 2.45) is 11.0 Å². The second kappa shape index (κ2) is 6.32. The first-order valence-corrected chi connectivity index (χ1v) is 8.85. The first-order valence-electron chi connectivity index (χ1n) is 8.47. The molecule has 0 spiro atoms. The van der Waals surface area contributed by atoms with Crippen LogP contribution in [-0.4, -0.2) is 29.4 Å². The average molecular weight is 382 g/mol. The van der Waals surface area contributed by atoms with Crippen LogP contribution in [0.4, 0.5) is 11.4 Å². The van der Waals surface area contributed by atoms with Gasteiger partial charge in [-0.2, -0.15) is 5.10 Å². The molecule has 2 atom stereocenters. The van der Waals surface area contributed by atoms with Gasteiger partial charge in [-0.1, -0.05) is 35.4 Å². The molecule has 1 fully saturated rings. The minimum absolute atomic E-state index is 0.0907. The van der Waals surface area contributed by atoms with Gasteiger partial charge in [0.1, 0.15) is 17.7 Å². The first kappa shape index (κ1) is 17.4. The number of rotatable bonds is 3. The van der Waals surface area contributed by atoms with Crippen LogP contribution in [0.2, 0.25) is 5.02 Å². The third kappa shape index (κ3) is 2.73. The maximum absolute atomic E-state index is 13.2. The van der Waals surface area contributed by atoms with Gasteiger partial charge in [-0.25, -0.2) is 4.90 Å². The largest absolute Gasteiger partial charge is 0.293 e. The van der Waals surface area contributed by atoms with Gasteiger partial charge in [0, 0.05) is 11.9 Å². The van der Waals surface area contributed by atoms with E-state index in [9.17, 15) is 14.4 Å². The smallest absolute Gasteiger partial charge is 0.259 e. The van der Waals surface area contributed by atoms with Crippen molar-refractivity contribution in [1.82, 2.24) is 0 Å². The van der Waals surface area contributed by atoms with E-state index in [0.717, 1.165) is 10.5 Å². The lowest BCUT2D eigenvalue weighted by atomic mass is 9.95. The number of hydrazone groups is 1. The molecule has 7 heteroatoms. The standard InChI is InChI=1S/C20H16ClN3O3/c1-11-6-8-14(9-7-11)23-19(26)16-17(12(2)25)22-24(18(16)20(23)27)15-5-3-4-13(21)10-15/h3-10,16,18H,1-2H3/t16-,18+/m1/s1. The normalized spacial score (nSPS) is 21.5. The second-order valence-corrected chi connectivity index (χ2v) is 7.07. The van der Waals surface area contributed by atoms with Crippen LogP contribution in [0.5, 0.6) is 0 Å². The summed E-state index contributed by atoms with van der Waals surface area (Å²) in [6, 6.07) is 13.0. The van der Waals surface area contributed by atoms with Crippen LogP contribution in [-0.2, 0) is 14.4 Å². The molecular weight excluding hydrogens is 366 g/mol. The van der Waals surface area contributed by atoms with Gasteiger partial charge < -0.3 is 0 Å². The molecule has 0 radical (unpaired) electrons. The number of Topliss-reactive ketones (excluding diaryl/α,β-unsaturated/α-hetero) is 1. The Bertz CT molecular complexity index is 1000. The lowest BCUT2D eigenvalue weighted by Gasteiger charge is -2.22. The Morgan fingerprint density at radius 2 is 1.74 bits per heavy atom. The van der Waals surface area contributed by atoms with Gasteiger partial charge in [-0.3, -0.25) is 19.4 Å². The molecule has 2 aromatic carbocycles. The number of anilines is 2. The molecule has 2 aliphatic rings. The molecule has 2 aromatic rings. The van der Waals surface area contributed by atoms with E-state index in [0.29, 0.717) is 16.4 Å². The number of nitrogens with zero attached hydrogens (tertiary/aromatic N) is 3. The molecule has 0 aliphatic carbocycles. The van der Waals surface area contributed by atoms with Crippen molar-refractivity contribution in [3.63, 3.8) is 0 Å². The van der Waals surface area contributed by atoms with E-state index in [-0.39, 0.29) is 11.5 Å². The lowest BCUT2D eigenvalue weighted by Crippen LogP contribution is -2.39. The summed E-state index contributed by atoms with van der Waals surface area (Å²) in [7, 11) is 0. The zero-order chi connectivity index (χ0) is 19.3. The molecule has 0 saturated carbocycles. The number of halogens is 1. The number of imide groups is 1. The first-order chi connectivity index (χ1) is 12.9. The number of amides is 2. The SMILES string of the molecule is CC(=O)C1=NN(c2cccc(Cl)c2)[C@@H]2C(=O)N(c3ccc(C)cc3)C(=O)[C@H]12. The molecule has 0 N–H and O–H groups in total. The van der Waals surface area contributed by atoms with Crippen LogP contribution in [0.1, 0.15) is 12.5 Å². The third-order valence-corrected chi connectivity index (χ3v) is 5.01. The van der Waals surface area contributed by atoms with Crippen molar-refractivity contribution in [2.45, 2.75) is 19.9 Å². The van der Waals surface area contributed by atoms with Gasteiger partial charge in [0.05, 0.1) is 11.4 Å². The highest BCUT2D eigenvalue weighted by molar-refractivity contribution is 6.48. The summed E-state index contributed by atoms with van der Waals surface area (Å²) in [6.45, 7) is 3.27. The monoisotopic (exact) mass is 381 g/mol.